The number of aromatic nitrogens is 4. The van der Waals surface area contributed by atoms with Gasteiger partial charge in [0, 0.05) is 24.0 Å². The van der Waals surface area contributed by atoms with Crippen molar-refractivity contribution in [3.63, 3.8) is 0 Å². The van der Waals surface area contributed by atoms with Crippen LogP contribution in [0.3, 0.4) is 0 Å². The first-order valence-electron chi connectivity index (χ1n) is 9.26. The standard InChI is InChI=1S/C21H20N4O/c26-21-18-13-22-20-17(15-7-3-1-4-8-15)14-23-25(20)19(18)11-12-24(21)16-9-5-2-6-10-16/h1,3-4,7-8,11-14,16H,2,5-6,9-10H2. The predicted molar refractivity (Wildman–Crippen MR) is 102 cm³/mol. The number of fused-ring (bicyclic) bond motifs is 3. The van der Waals surface area contributed by atoms with Crippen molar-refractivity contribution in [1.29, 1.82) is 0 Å². The average Bonchev–Trinajstić information content (AvgIpc) is 3.14. The summed E-state index contributed by atoms with van der Waals surface area (Å²) in [6.07, 6.45) is 11.3. The summed E-state index contributed by atoms with van der Waals surface area (Å²) in [7, 11) is 0. The zero-order valence-electron chi connectivity index (χ0n) is 14.5. The molecular weight excluding hydrogens is 324 g/mol. The van der Waals surface area contributed by atoms with Gasteiger partial charge in [0.05, 0.1) is 17.1 Å². The lowest BCUT2D eigenvalue weighted by Crippen LogP contribution is -2.26. The van der Waals surface area contributed by atoms with Gasteiger partial charge in [0.15, 0.2) is 5.65 Å². The molecule has 1 aliphatic rings. The van der Waals surface area contributed by atoms with E-state index in [1.165, 1.54) is 19.3 Å². The molecule has 5 heteroatoms. The minimum Gasteiger partial charge on any atom is -0.312 e. The fraction of sp³-hybridized carbons (Fsp3) is 0.286. The third-order valence-corrected chi connectivity index (χ3v) is 5.47. The van der Waals surface area contributed by atoms with Crippen LogP contribution in [-0.4, -0.2) is 19.2 Å². The number of benzene rings is 1. The molecule has 1 saturated carbocycles. The number of rotatable bonds is 2. The minimum absolute atomic E-state index is 0.0422. The van der Waals surface area contributed by atoms with Gasteiger partial charge in [0.2, 0.25) is 0 Å². The van der Waals surface area contributed by atoms with Crippen LogP contribution in [0.25, 0.3) is 27.7 Å². The first-order chi connectivity index (χ1) is 12.8. The molecule has 1 aromatic carbocycles. The molecule has 1 aliphatic carbocycles. The molecule has 0 N–H and O–H groups in total. The fourth-order valence-corrected chi connectivity index (χ4v) is 4.10. The Labute approximate surface area is 150 Å². The summed E-state index contributed by atoms with van der Waals surface area (Å²) in [5.41, 5.74) is 3.68. The minimum atomic E-state index is 0.0422. The molecule has 0 radical (unpaired) electrons. The van der Waals surface area contributed by atoms with E-state index < -0.39 is 0 Å². The molecule has 5 rings (SSSR count). The Hall–Kier alpha value is -2.95. The lowest BCUT2D eigenvalue weighted by Gasteiger charge is -2.24. The van der Waals surface area contributed by atoms with Crippen LogP contribution in [0.1, 0.15) is 38.1 Å². The molecule has 0 atom stereocenters. The summed E-state index contributed by atoms with van der Waals surface area (Å²) in [5.74, 6) is 0. The summed E-state index contributed by atoms with van der Waals surface area (Å²) in [6.45, 7) is 0. The third-order valence-electron chi connectivity index (χ3n) is 5.47. The van der Waals surface area contributed by atoms with E-state index in [0.29, 0.717) is 11.4 Å². The average molecular weight is 344 g/mol. The lowest BCUT2D eigenvalue weighted by atomic mass is 9.95. The number of pyridine rings is 1. The fourth-order valence-electron chi connectivity index (χ4n) is 4.10. The second-order valence-corrected chi connectivity index (χ2v) is 7.04. The SMILES string of the molecule is O=c1c2cnc3c(-c4ccccc4)cnn3c2ccn1C1CCCCC1. The largest absolute Gasteiger partial charge is 0.312 e. The molecule has 3 heterocycles. The van der Waals surface area contributed by atoms with Crippen molar-refractivity contribution in [1.82, 2.24) is 19.2 Å². The van der Waals surface area contributed by atoms with Crippen molar-refractivity contribution >= 4 is 16.6 Å². The van der Waals surface area contributed by atoms with E-state index in [9.17, 15) is 4.79 Å². The van der Waals surface area contributed by atoms with Crippen LogP contribution in [0.5, 0.6) is 0 Å². The van der Waals surface area contributed by atoms with E-state index in [4.69, 9.17) is 0 Å². The Kier molecular flexibility index (Phi) is 3.59. The van der Waals surface area contributed by atoms with Gasteiger partial charge in [-0.05, 0) is 24.5 Å². The highest BCUT2D eigenvalue weighted by Gasteiger charge is 2.18. The van der Waals surface area contributed by atoms with Crippen molar-refractivity contribution in [2.24, 2.45) is 0 Å². The molecule has 0 aliphatic heterocycles. The van der Waals surface area contributed by atoms with Crippen LogP contribution in [0, 0.1) is 0 Å². The Morgan fingerprint density at radius 1 is 0.962 bits per heavy atom. The second-order valence-electron chi connectivity index (χ2n) is 7.04. The third kappa shape index (κ3) is 2.35. The van der Waals surface area contributed by atoms with Crippen molar-refractivity contribution in [2.45, 2.75) is 38.1 Å². The maximum Gasteiger partial charge on any atom is 0.261 e. The smallest absolute Gasteiger partial charge is 0.261 e. The monoisotopic (exact) mass is 344 g/mol. The van der Waals surface area contributed by atoms with E-state index in [0.717, 1.165) is 35.1 Å². The zero-order chi connectivity index (χ0) is 17.5. The van der Waals surface area contributed by atoms with Crippen LogP contribution >= 0.6 is 0 Å². The van der Waals surface area contributed by atoms with Crippen LogP contribution in [-0.2, 0) is 0 Å². The molecule has 0 saturated heterocycles. The Morgan fingerprint density at radius 2 is 1.77 bits per heavy atom. The summed E-state index contributed by atoms with van der Waals surface area (Å²) < 4.78 is 3.68. The van der Waals surface area contributed by atoms with Gasteiger partial charge in [-0.2, -0.15) is 5.10 Å². The number of hydrogen-bond acceptors (Lipinski definition) is 3. The Bertz CT molecular complexity index is 1140. The highest BCUT2D eigenvalue weighted by atomic mass is 16.1. The first kappa shape index (κ1) is 15.3. The molecule has 130 valence electrons. The van der Waals surface area contributed by atoms with Gasteiger partial charge >= 0.3 is 0 Å². The summed E-state index contributed by atoms with van der Waals surface area (Å²) in [4.78, 5) is 17.6. The molecule has 3 aromatic heterocycles. The van der Waals surface area contributed by atoms with Gasteiger partial charge < -0.3 is 4.57 Å². The van der Waals surface area contributed by atoms with Crippen LogP contribution in [0.15, 0.2) is 59.8 Å². The first-order valence-corrected chi connectivity index (χ1v) is 9.26. The Morgan fingerprint density at radius 3 is 2.58 bits per heavy atom. The highest BCUT2D eigenvalue weighted by Crippen LogP contribution is 2.28. The van der Waals surface area contributed by atoms with Gasteiger partial charge in [-0.3, -0.25) is 4.79 Å². The van der Waals surface area contributed by atoms with Crippen LogP contribution in [0.2, 0.25) is 0 Å². The maximum atomic E-state index is 13.0. The van der Waals surface area contributed by atoms with E-state index in [-0.39, 0.29) is 5.56 Å². The predicted octanol–water partition coefficient (Wildman–Crippen LogP) is 4.22. The maximum absolute atomic E-state index is 13.0. The number of hydrogen-bond donors (Lipinski definition) is 0. The molecule has 26 heavy (non-hydrogen) atoms. The van der Waals surface area contributed by atoms with Crippen molar-refractivity contribution < 1.29 is 0 Å². The molecule has 4 aromatic rings. The zero-order valence-corrected chi connectivity index (χ0v) is 14.5. The molecule has 0 unspecified atom stereocenters. The van der Waals surface area contributed by atoms with Gasteiger partial charge in [-0.1, -0.05) is 49.6 Å². The molecule has 5 nitrogen and oxygen atoms in total. The van der Waals surface area contributed by atoms with Gasteiger partial charge in [-0.15, -0.1) is 0 Å². The molecule has 0 amide bonds. The molecule has 0 spiro atoms. The van der Waals surface area contributed by atoms with E-state index >= 15 is 0 Å². The number of nitrogens with zero attached hydrogens (tertiary/aromatic N) is 4. The Balaban J connectivity index is 1.69. The van der Waals surface area contributed by atoms with Crippen molar-refractivity contribution in [3.8, 4) is 11.1 Å². The van der Waals surface area contributed by atoms with Crippen molar-refractivity contribution in [3.05, 3.63) is 65.3 Å². The summed E-state index contributed by atoms with van der Waals surface area (Å²) in [5, 5.41) is 5.15. The topological polar surface area (TPSA) is 52.2 Å². The normalized spacial score (nSPS) is 15.7. The molecule has 1 fully saturated rings. The quantitative estimate of drug-likeness (QED) is 0.547. The van der Waals surface area contributed by atoms with Gasteiger partial charge in [0.25, 0.3) is 5.56 Å². The highest BCUT2D eigenvalue weighted by molar-refractivity contribution is 5.84. The van der Waals surface area contributed by atoms with Gasteiger partial charge in [0.1, 0.15) is 0 Å². The summed E-state index contributed by atoms with van der Waals surface area (Å²) >= 11 is 0. The van der Waals surface area contributed by atoms with Crippen LogP contribution in [0.4, 0.5) is 0 Å². The van der Waals surface area contributed by atoms with Gasteiger partial charge in [-0.25, -0.2) is 9.50 Å². The van der Waals surface area contributed by atoms with E-state index in [1.807, 2.05) is 53.4 Å². The van der Waals surface area contributed by atoms with Crippen molar-refractivity contribution in [2.75, 3.05) is 0 Å². The van der Waals surface area contributed by atoms with E-state index in [1.54, 1.807) is 10.7 Å². The molecular formula is C21H20N4O. The van der Waals surface area contributed by atoms with Crippen LogP contribution < -0.4 is 5.56 Å². The van der Waals surface area contributed by atoms with E-state index in [2.05, 4.69) is 10.1 Å². The molecule has 0 bridgehead atoms. The second kappa shape index (κ2) is 6.09. The lowest BCUT2D eigenvalue weighted by molar-refractivity contribution is 0.347. The summed E-state index contributed by atoms with van der Waals surface area (Å²) in [6, 6.07) is 12.4.